The van der Waals surface area contributed by atoms with Crippen LogP contribution in [-0.2, 0) is 33.2 Å². The van der Waals surface area contributed by atoms with Gasteiger partial charge in [-0.2, -0.15) is 0 Å². The Morgan fingerprint density at radius 1 is 0.429 bits per heavy atom. The van der Waals surface area contributed by atoms with E-state index in [9.17, 15) is 40.5 Å². The number of hydrogen-bond acceptors (Lipinski definition) is 14. The molecule has 11 unspecified atom stereocenters. The second-order valence-corrected chi connectivity index (χ2v) is 19.3. The summed E-state index contributed by atoms with van der Waals surface area (Å²) in [5.74, 6) is -0.421. The molecule has 2 aliphatic rings. The third kappa shape index (κ3) is 34.7. The van der Waals surface area contributed by atoms with Gasteiger partial charge in [0.15, 0.2) is 12.6 Å². The number of aliphatic hydroxyl groups excluding tert-OH is 7. The van der Waals surface area contributed by atoms with Gasteiger partial charge in [0.05, 0.1) is 26.4 Å². The van der Waals surface area contributed by atoms with E-state index in [0.717, 1.165) is 128 Å². The first kappa shape index (κ1) is 69.2. The number of unbranched alkanes of at least 4 members (excludes halogenated alkanes) is 8. The Kier molecular flexibility index (Phi) is 43.2. The van der Waals surface area contributed by atoms with Crippen LogP contribution in [0.2, 0.25) is 0 Å². The summed E-state index contributed by atoms with van der Waals surface area (Å²) in [6.07, 6.45) is 52.2. The molecule has 0 saturated carbocycles. The van der Waals surface area contributed by atoms with Crippen LogP contribution < -0.4 is 0 Å². The van der Waals surface area contributed by atoms with Gasteiger partial charge in [-0.1, -0.05) is 173 Å². The lowest BCUT2D eigenvalue weighted by Gasteiger charge is -2.42. The van der Waals surface area contributed by atoms with Crippen molar-refractivity contribution in [2.75, 3.05) is 33.0 Å². The van der Waals surface area contributed by atoms with Gasteiger partial charge in [-0.3, -0.25) is 4.79 Å². The number of esters is 1. The first-order chi connectivity index (χ1) is 37.6. The minimum Gasteiger partial charge on any atom is -0.457 e. The Balaban J connectivity index is 1.76. The highest BCUT2D eigenvalue weighted by atomic mass is 16.7. The fourth-order valence-corrected chi connectivity index (χ4v) is 8.08. The topological polar surface area (TPSA) is 214 Å². The van der Waals surface area contributed by atoms with E-state index in [4.69, 9.17) is 28.4 Å². The summed E-state index contributed by atoms with van der Waals surface area (Å²) in [5.41, 5.74) is 0. The van der Waals surface area contributed by atoms with Crippen LogP contribution in [0.4, 0.5) is 0 Å². The van der Waals surface area contributed by atoms with Gasteiger partial charge in [0, 0.05) is 13.0 Å². The first-order valence-electron chi connectivity index (χ1n) is 28.8. The zero-order chi connectivity index (χ0) is 55.8. The third-order valence-corrected chi connectivity index (χ3v) is 12.7. The Hall–Kier alpha value is -3.87. The lowest BCUT2D eigenvalue weighted by Crippen LogP contribution is -2.61. The van der Waals surface area contributed by atoms with Crippen molar-refractivity contribution >= 4 is 5.97 Å². The van der Waals surface area contributed by atoms with E-state index in [-0.39, 0.29) is 19.6 Å². The van der Waals surface area contributed by atoms with Crippen molar-refractivity contribution in [2.45, 2.75) is 223 Å². The van der Waals surface area contributed by atoms with Crippen LogP contribution in [-0.4, -0.2) is 142 Å². The summed E-state index contributed by atoms with van der Waals surface area (Å²) in [7, 11) is 0. The maximum absolute atomic E-state index is 13.1. The van der Waals surface area contributed by atoms with E-state index in [1.165, 1.54) is 0 Å². The third-order valence-electron chi connectivity index (χ3n) is 12.7. The molecule has 0 bridgehead atoms. The van der Waals surface area contributed by atoms with E-state index < -0.39 is 86.7 Å². The molecule has 2 saturated heterocycles. The van der Waals surface area contributed by atoms with Gasteiger partial charge in [0.2, 0.25) is 0 Å². The molecule has 0 radical (unpaired) electrons. The summed E-state index contributed by atoms with van der Waals surface area (Å²) in [5, 5.41) is 72.4. The Bertz CT molecular complexity index is 1780. The van der Waals surface area contributed by atoms with E-state index in [2.05, 4.69) is 148 Å². The number of allylic oxidation sites excluding steroid dienone is 22. The van der Waals surface area contributed by atoms with Crippen LogP contribution in [0, 0.1) is 0 Å². The monoisotopic (exact) mass is 1080 g/mol. The molecular weight excluding hydrogens is 981 g/mol. The number of hydrogen-bond donors (Lipinski definition) is 7. The van der Waals surface area contributed by atoms with Gasteiger partial charge in [-0.25, -0.2) is 0 Å². The predicted molar refractivity (Wildman–Crippen MR) is 307 cm³/mol. The fourth-order valence-electron chi connectivity index (χ4n) is 8.08. The van der Waals surface area contributed by atoms with Crippen LogP contribution in [0.1, 0.15) is 155 Å². The molecule has 0 aliphatic carbocycles. The van der Waals surface area contributed by atoms with E-state index >= 15 is 0 Å². The highest BCUT2D eigenvalue weighted by Gasteiger charge is 2.47. The molecule has 2 rings (SSSR count). The maximum Gasteiger partial charge on any atom is 0.306 e. The number of ether oxygens (including phenoxy) is 6. The van der Waals surface area contributed by atoms with Gasteiger partial charge >= 0.3 is 5.97 Å². The Labute approximate surface area is 462 Å². The van der Waals surface area contributed by atoms with Crippen LogP contribution in [0.15, 0.2) is 134 Å². The van der Waals surface area contributed by atoms with Gasteiger partial charge < -0.3 is 64.2 Å². The Morgan fingerprint density at radius 3 is 1.26 bits per heavy atom. The zero-order valence-electron chi connectivity index (χ0n) is 46.6. The second-order valence-electron chi connectivity index (χ2n) is 19.3. The molecular formula is C63H100O14. The zero-order valence-corrected chi connectivity index (χ0v) is 46.6. The number of carbonyl (C=O) groups is 1. The van der Waals surface area contributed by atoms with Crippen LogP contribution in [0.5, 0.6) is 0 Å². The van der Waals surface area contributed by atoms with Crippen molar-refractivity contribution in [3.8, 4) is 0 Å². The van der Waals surface area contributed by atoms with E-state index in [1.807, 2.05) is 0 Å². The van der Waals surface area contributed by atoms with E-state index in [1.54, 1.807) is 0 Å². The molecule has 0 aromatic heterocycles. The molecule has 0 aromatic carbocycles. The quantitative estimate of drug-likeness (QED) is 0.0172. The van der Waals surface area contributed by atoms with Gasteiger partial charge in [0.1, 0.15) is 54.9 Å². The summed E-state index contributed by atoms with van der Waals surface area (Å²) >= 11 is 0. The number of carbonyl (C=O) groups excluding carboxylic acids is 1. The minimum absolute atomic E-state index is 0.0239. The summed E-state index contributed by atoms with van der Waals surface area (Å²) < 4.78 is 34.3. The number of aliphatic hydroxyl groups is 7. The van der Waals surface area contributed by atoms with Crippen LogP contribution in [0.25, 0.3) is 0 Å². The first-order valence-corrected chi connectivity index (χ1v) is 28.8. The molecule has 2 aliphatic heterocycles. The van der Waals surface area contributed by atoms with Crippen molar-refractivity contribution < 1.29 is 69.0 Å². The molecule has 0 aromatic rings. The average molecular weight is 1080 g/mol. The molecule has 0 amide bonds. The van der Waals surface area contributed by atoms with Gasteiger partial charge in [-0.05, 0) is 109 Å². The van der Waals surface area contributed by atoms with Gasteiger partial charge in [0.25, 0.3) is 0 Å². The van der Waals surface area contributed by atoms with Crippen LogP contribution in [0.3, 0.4) is 0 Å². The summed E-state index contributed by atoms with van der Waals surface area (Å²) in [6, 6.07) is 0. The SMILES string of the molecule is CC/C=C\C/C=C\C/C=C\C/C=C\C/C=C\C/C=C\CCCCCCCOCC(COC1OC(COC2OC(CO)C(O)C(O)C2O)C(O)C(O)C1O)OC(=O)CCCCC/C=C\C/C=C\C/C=C\C/C=C\C/C=C\CC. The summed E-state index contributed by atoms with van der Waals surface area (Å²) in [6.45, 7) is 3.33. The molecule has 14 nitrogen and oxygen atoms in total. The fraction of sp³-hybridized carbons (Fsp3) is 0.635. The smallest absolute Gasteiger partial charge is 0.306 e. The molecule has 7 N–H and O–H groups in total. The highest BCUT2D eigenvalue weighted by Crippen LogP contribution is 2.26. The number of rotatable bonds is 44. The van der Waals surface area contributed by atoms with Crippen molar-refractivity contribution in [3.63, 3.8) is 0 Å². The van der Waals surface area contributed by atoms with Crippen molar-refractivity contribution in [1.29, 1.82) is 0 Å². The highest BCUT2D eigenvalue weighted by molar-refractivity contribution is 5.69. The van der Waals surface area contributed by atoms with Crippen molar-refractivity contribution in [2.24, 2.45) is 0 Å². The standard InChI is InChI=1S/C63H100O14/c1-3-5-7-9-11-13-15-17-19-21-23-24-25-26-27-29-31-33-35-37-39-41-43-45-47-72-49-52(75-55(65)46-44-42-40-38-36-34-32-30-28-22-20-18-16-14-12-10-8-6-4-2)50-73-62-61(71)59(69)57(67)54(77-62)51-74-63-60(70)58(68)56(66)53(48-64)76-63/h5-8,11-14,17-20,23-24,26-28,30-31,33-34,36,52-54,56-64,66-71H,3-4,9-10,15-16,21-22,25,29,32,35,37-51H2,1-2H3/b7-5-,8-6-,13-11-,14-12-,19-17-,20-18-,24-23-,27-26-,30-28-,33-31-,36-34-. The summed E-state index contributed by atoms with van der Waals surface area (Å²) in [4.78, 5) is 13.1. The van der Waals surface area contributed by atoms with Crippen molar-refractivity contribution in [1.82, 2.24) is 0 Å². The van der Waals surface area contributed by atoms with Crippen LogP contribution >= 0.6 is 0 Å². The minimum atomic E-state index is -1.73. The maximum atomic E-state index is 13.1. The lowest BCUT2D eigenvalue weighted by atomic mass is 9.98. The molecule has 0 spiro atoms. The van der Waals surface area contributed by atoms with E-state index in [0.29, 0.717) is 13.0 Å². The molecule has 77 heavy (non-hydrogen) atoms. The lowest BCUT2D eigenvalue weighted by molar-refractivity contribution is -0.332. The molecule has 14 heteroatoms. The predicted octanol–water partition coefficient (Wildman–Crippen LogP) is 10.3. The largest absolute Gasteiger partial charge is 0.457 e. The normalized spacial score (nSPS) is 25.3. The van der Waals surface area contributed by atoms with Gasteiger partial charge in [-0.15, -0.1) is 0 Å². The Morgan fingerprint density at radius 2 is 0.805 bits per heavy atom. The average Bonchev–Trinajstić information content (AvgIpc) is 3.43. The molecule has 2 fully saturated rings. The van der Waals surface area contributed by atoms with Crippen molar-refractivity contribution in [3.05, 3.63) is 134 Å². The molecule has 2 heterocycles. The second kappa shape index (κ2) is 48.1. The molecule has 436 valence electrons. The molecule has 11 atom stereocenters.